The van der Waals surface area contributed by atoms with Crippen LogP contribution in [0.3, 0.4) is 0 Å². The molecular weight excluding hydrogens is 190 g/mol. The molecule has 0 amide bonds. The van der Waals surface area contributed by atoms with E-state index < -0.39 is 0 Å². The van der Waals surface area contributed by atoms with Gasteiger partial charge in [0.1, 0.15) is 0 Å². The minimum atomic E-state index is 0.625. The van der Waals surface area contributed by atoms with Gasteiger partial charge in [-0.15, -0.1) is 11.8 Å². The van der Waals surface area contributed by atoms with Crippen LogP contribution in [-0.2, 0) is 0 Å². The number of nitrogens with one attached hydrogen (secondary N) is 1. The van der Waals surface area contributed by atoms with Crippen LogP contribution in [0.4, 0.5) is 0 Å². The number of thioether (sulfide) groups is 1. The van der Waals surface area contributed by atoms with Crippen molar-refractivity contribution in [3.8, 4) is 0 Å². The Balaban J connectivity index is 2.49. The van der Waals surface area contributed by atoms with Crippen molar-refractivity contribution >= 4 is 11.8 Å². The molecule has 0 radical (unpaired) electrons. The summed E-state index contributed by atoms with van der Waals surface area (Å²) in [6.45, 7) is 4.39. The van der Waals surface area contributed by atoms with E-state index in [0.717, 1.165) is 5.75 Å². The molecule has 1 aromatic carbocycles. The first-order chi connectivity index (χ1) is 6.77. The van der Waals surface area contributed by atoms with E-state index in [1.54, 1.807) is 0 Å². The van der Waals surface area contributed by atoms with Crippen LogP contribution in [0.1, 0.15) is 18.9 Å². The molecule has 2 heteroatoms. The molecule has 0 fully saturated rings. The van der Waals surface area contributed by atoms with Crippen LogP contribution in [0.25, 0.3) is 0 Å². The van der Waals surface area contributed by atoms with Gasteiger partial charge >= 0.3 is 0 Å². The molecule has 0 heterocycles. The van der Waals surface area contributed by atoms with Crippen LogP contribution >= 0.6 is 11.8 Å². The van der Waals surface area contributed by atoms with Gasteiger partial charge in [-0.05, 0) is 32.0 Å². The Labute approximate surface area is 91.3 Å². The molecule has 1 unspecified atom stereocenters. The van der Waals surface area contributed by atoms with Crippen molar-refractivity contribution in [2.45, 2.75) is 31.2 Å². The van der Waals surface area contributed by atoms with Gasteiger partial charge in [-0.2, -0.15) is 0 Å². The summed E-state index contributed by atoms with van der Waals surface area (Å²) in [6.07, 6.45) is 1.19. The fraction of sp³-hybridized carbons (Fsp3) is 0.500. The highest BCUT2D eigenvalue weighted by Gasteiger charge is 2.04. The normalized spacial score (nSPS) is 12.8. The van der Waals surface area contributed by atoms with Crippen molar-refractivity contribution in [2.24, 2.45) is 0 Å². The van der Waals surface area contributed by atoms with E-state index in [4.69, 9.17) is 0 Å². The van der Waals surface area contributed by atoms with E-state index in [0.29, 0.717) is 6.04 Å². The lowest BCUT2D eigenvalue weighted by Gasteiger charge is -2.13. The van der Waals surface area contributed by atoms with Crippen LogP contribution < -0.4 is 5.32 Å². The minimum Gasteiger partial charge on any atom is -0.316 e. The summed E-state index contributed by atoms with van der Waals surface area (Å²) < 4.78 is 0. The summed E-state index contributed by atoms with van der Waals surface area (Å²) in [5, 5.41) is 3.32. The molecule has 1 aromatic rings. The average molecular weight is 209 g/mol. The predicted octanol–water partition coefficient (Wildman–Crippen LogP) is 3.09. The van der Waals surface area contributed by atoms with Gasteiger partial charge in [-0.3, -0.25) is 0 Å². The number of benzene rings is 1. The Morgan fingerprint density at radius 3 is 2.64 bits per heavy atom. The van der Waals surface area contributed by atoms with Crippen LogP contribution in [0.5, 0.6) is 0 Å². The summed E-state index contributed by atoms with van der Waals surface area (Å²) in [7, 11) is 2.03. The highest BCUT2D eigenvalue weighted by Crippen LogP contribution is 2.22. The highest BCUT2D eigenvalue weighted by atomic mass is 32.2. The van der Waals surface area contributed by atoms with E-state index in [1.807, 2.05) is 18.8 Å². The highest BCUT2D eigenvalue weighted by molar-refractivity contribution is 7.99. The fourth-order valence-corrected chi connectivity index (χ4v) is 2.57. The summed E-state index contributed by atoms with van der Waals surface area (Å²) in [5.41, 5.74) is 1.38. The molecule has 0 aliphatic heterocycles. The van der Waals surface area contributed by atoms with Crippen molar-refractivity contribution in [1.29, 1.82) is 0 Å². The molecule has 0 saturated heterocycles. The molecule has 1 N–H and O–H groups in total. The molecule has 78 valence electrons. The van der Waals surface area contributed by atoms with Crippen molar-refractivity contribution in [3.05, 3.63) is 29.8 Å². The van der Waals surface area contributed by atoms with Gasteiger partial charge < -0.3 is 5.32 Å². The van der Waals surface area contributed by atoms with Crippen LogP contribution in [-0.4, -0.2) is 18.8 Å². The SMILES string of the molecule is CCC(CSc1ccccc1C)NC. The van der Waals surface area contributed by atoms with E-state index >= 15 is 0 Å². The number of aryl methyl sites for hydroxylation is 1. The summed E-state index contributed by atoms with van der Waals surface area (Å²) in [6, 6.07) is 9.19. The smallest absolute Gasteiger partial charge is 0.0156 e. The monoisotopic (exact) mass is 209 g/mol. The van der Waals surface area contributed by atoms with Gasteiger partial charge in [0.25, 0.3) is 0 Å². The maximum absolute atomic E-state index is 3.32. The van der Waals surface area contributed by atoms with E-state index in [1.165, 1.54) is 16.9 Å². The maximum atomic E-state index is 3.32. The zero-order valence-corrected chi connectivity index (χ0v) is 10.0. The van der Waals surface area contributed by atoms with Gasteiger partial charge in [-0.1, -0.05) is 25.1 Å². The van der Waals surface area contributed by atoms with Crippen molar-refractivity contribution in [2.75, 3.05) is 12.8 Å². The molecule has 1 rings (SSSR count). The van der Waals surface area contributed by atoms with Crippen LogP contribution in [0.2, 0.25) is 0 Å². The molecule has 0 aromatic heterocycles. The van der Waals surface area contributed by atoms with Crippen molar-refractivity contribution in [3.63, 3.8) is 0 Å². The van der Waals surface area contributed by atoms with Gasteiger partial charge in [0.05, 0.1) is 0 Å². The van der Waals surface area contributed by atoms with Gasteiger partial charge in [0.2, 0.25) is 0 Å². The number of hydrogen-bond donors (Lipinski definition) is 1. The summed E-state index contributed by atoms with van der Waals surface area (Å²) >= 11 is 1.94. The third kappa shape index (κ3) is 3.35. The molecule has 0 saturated carbocycles. The quantitative estimate of drug-likeness (QED) is 0.748. The molecule has 1 atom stereocenters. The van der Waals surface area contributed by atoms with Crippen LogP contribution in [0, 0.1) is 6.92 Å². The molecule has 0 bridgehead atoms. The Hall–Kier alpha value is -0.470. The number of rotatable bonds is 5. The predicted molar refractivity (Wildman–Crippen MR) is 65.0 cm³/mol. The van der Waals surface area contributed by atoms with Gasteiger partial charge in [0.15, 0.2) is 0 Å². The first-order valence-electron chi connectivity index (χ1n) is 5.13. The zero-order chi connectivity index (χ0) is 10.4. The third-order valence-electron chi connectivity index (χ3n) is 2.43. The lowest BCUT2D eigenvalue weighted by atomic mass is 10.2. The molecular formula is C12H19NS. The molecule has 0 spiro atoms. The Morgan fingerprint density at radius 1 is 1.36 bits per heavy atom. The Kier molecular flexibility index (Phi) is 5.05. The fourth-order valence-electron chi connectivity index (χ4n) is 1.31. The lowest BCUT2D eigenvalue weighted by Crippen LogP contribution is -2.26. The van der Waals surface area contributed by atoms with Gasteiger partial charge in [-0.25, -0.2) is 0 Å². The van der Waals surface area contributed by atoms with E-state index in [2.05, 4.69) is 43.4 Å². The van der Waals surface area contributed by atoms with E-state index in [-0.39, 0.29) is 0 Å². The lowest BCUT2D eigenvalue weighted by molar-refractivity contribution is 0.602. The van der Waals surface area contributed by atoms with Crippen molar-refractivity contribution in [1.82, 2.24) is 5.32 Å². The summed E-state index contributed by atoms with van der Waals surface area (Å²) in [5.74, 6) is 1.15. The van der Waals surface area contributed by atoms with Crippen LogP contribution in [0.15, 0.2) is 29.2 Å². The second-order valence-corrected chi connectivity index (χ2v) is 4.53. The molecule has 0 aliphatic carbocycles. The van der Waals surface area contributed by atoms with Crippen molar-refractivity contribution < 1.29 is 0 Å². The van der Waals surface area contributed by atoms with E-state index in [9.17, 15) is 0 Å². The Bertz CT molecular complexity index is 269. The first kappa shape index (κ1) is 11.6. The second-order valence-electron chi connectivity index (χ2n) is 3.47. The minimum absolute atomic E-state index is 0.625. The second kappa shape index (κ2) is 6.10. The molecule has 1 nitrogen and oxygen atoms in total. The molecule has 14 heavy (non-hydrogen) atoms. The summed E-state index contributed by atoms with van der Waals surface area (Å²) in [4.78, 5) is 1.40. The topological polar surface area (TPSA) is 12.0 Å². The number of hydrogen-bond acceptors (Lipinski definition) is 2. The average Bonchev–Trinajstić information content (AvgIpc) is 2.22. The van der Waals surface area contributed by atoms with Gasteiger partial charge in [0, 0.05) is 16.7 Å². The largest absolute Gasteiger partial charge is 0.316 e. The zero-order valence-electron chi connectivity index (χ0n) is 9.21. The molecule has 0 aliphatic rings. The third-order valence-corrected chi connectivity index (χ3v) is 3.77. The maximum Gasteiger partial charge on any atom is 0.0156 e. The first-order valence-corrected chi connectivity index (χ1v) is 6.12. The standard InChI is InChI=1S/C12H19NS/c1-4-11(13-3)9-14-12-8-6-5-7-10(12)2/h5-8,11,13H,4,9H2,1-3H3. The Morgan fingerprint density at radius 2 is 2.07 bits per heavy atom.